The standard InChI is InChI=1S/C20H19NO4S2/c1-24-16-7-6-13(11-17(16)25-2)8-9-21-19(23)18(27-20(21)26)12-14-4-3-5-15(22)10-14/h3-7,10-12,22H,8-9H2,1-2H3/b18-12-. The quantitative estimate of drug-likeness (QED) is 0.586. The van der Waals surface area contributed by atoms with Gasteiger partial charge >= 0.3 is 0 Å². The molecule has 3 rings (SSSR count). The Hall–Kier alpha value is -2.51. The van der Waals surface area contributed by atoms with Crippen molar-refractivity contribution in [1.82, 2.24) is 4.90 Å². The van der Waals surface area contributed by atoms with Crippen LogP contribution in [0.1, 0.15) is 11.1 Å². The molecule has 2 aromatic rings. The van der Waals surface area contributed by atoms with Crippen molar-refractivity contribution in [1.29, 1.82) is 0 Å². The Balaban J connectivity index is 1.71. The summed E-state index contributed by atoms with van der Waals surface area (Å²) in [7, 11) is 3.19. The minimum absolute atomic E-state index is 0.117. The van der Waals surface area contributed by atoms with Crippen molar-refractivity contribution in [2.24, 2.45) is 0 Å². The van der Waals surface area contributed by atoms with E-state index in [1.807, 2.05) is 24.3 Å². The first-order valence-corrected chi connectivity index (χ1v) is 9.49. The van der Waals surface area contributed by atoms with Crippen molar-refractivity contribution < 1.29 is 19.4 Å². The van der Waals surface area contributed by atoms with Gasteiger partial charge < -0.3 is 14.6 Å². The molecule has 2 aromatic carbocycles. The summed E-state index contributed by atoms with van der Waals surface area (Å²) < 4.78 is 11.1. The number of hydrogen-bond donors (Lipinski definition) is 1. The highest BCUT2D eigenvalue weighted by Crippen LogP contribution is 2.33. The molecule has 1 N–H and O–H groups in total. The maximum absolute atomic E-state index is 12.7. The summed E-state index contributed by atoms with van der Waals surface area (Å²) in [5, 5.41) is 9.57. The zero-order chi connectivity index (χ0) is 19.4. The Morgan fingerprint density at radius 2 is 1.93 bits per heavy atom. The van der Waals surface area contributed by atoms with Crippen LogP contribution in [0.25, 0.3) is 6.08 Å². The van der Waals surface area contributed by atoms with E-state index in [2.05, 4.69) is 0 Å². The van der Waals surface area contributed by atoms with Crippen LogP contribution in [0.15, 0.2) is 47.4 Å². The van der Waals surface area contributed by atoms with Crippen molar-refractivity contribution >= 4 is 40.3 Å². The van der Waals surface area contributed by atoms with E-state index in [0.717, 1.165) is 11.1 Å². The first kappa shape index (κ1) is 19.3. The summed E-state index contributed by atoms with van der Waals surface area (Å²) in [5.74, 6) is 1.37. The molecule has 0 aromatic heterocycles. The van der Waals surface area contributed by atoms with Crippen LogP contribution in [0.5, 0.6) is 17.2 Å². The lowest BCUT2D eigenvalue weighted by Crippen LogP contribution is -2.30. The van der Waals surface area contributed by atoms with Gasteiger partial charge in [-0.15, -0.1) is 0 Å². The molecule has 1 fully saturated rings. The fourth-order valence-electron chi connectivity index (χ4n) is 2.74. The first-order chi connectivity index (χ1) is 13.0. The van der Waals surface area contributed by atoms with E-state index in [9.17, 15) is 9.90 Å². The van der Waals surface area contributed by atoms with Gasteiger partial charge in [-0.2, -0.15) is 0 Å². The number of aromatic hydroxyl groups is 1. The number of rotatable bonds is 6. The predicted octanol–water partition coefficient (Wildman–Crippen LogP) is 3.85. The van der Waals surface area contributed by atoms with Gasteiger partial charge in [-0.1, -0.05) is 42.2 Å². The first-order valence-electron chi connectivity index (χ1n) is 8.27. The number of nitrogens with zero attached hydrogens (tertiary/aromatic N) is 1. The average Bonchev–Trinajstić information content (AvgIpc) is 2.92. The number of hydrogen-bond acceptors (Lipinski definition) is 6. The van der Waals surface area contributed by atoms with Gasteiger partial charge in [0.15, 0.2) is 11.5 Å². The minimum atomic E-state index is -0.117. The Morgan fingerprint density at radius 3 is 2.63 bits per heavy atom. The van der Waals surface area contributed by atoms with Crippen LogP contribution in [-0.4, -0.2) is 41.0 Å². The monoisotopic (exact) mass is 401 g/mol. The molecule has 5 nitrogen and oxygen atoms in total. The Labute approximate surface area is 167 Å². The second kappa shape index (κ2) is 8.45. The van der Waals surface area contributed by atoms with Gasteiger partial charge in [-0.05, 0) is 47.9 Å². The SMILES string of the molecule is COc1ccc(CCN2C(=O)/C(=C/c3cccc(O)c3)SC2=S)cc1OC. The third kappa shape index (κ3) is 4.43. The zero-order valence-corrected chi connectivity index (χ0v) is 16.6. The number of benzene rings is 2. The molecule has 7 heteroatoms. The van der Waals surface area contributed by atoms with Crippen molar-refractivity contribution in [3.63, 3.8) is 0 Å². The molecule has 0 bridgehead atoms. The highest BCUT2D eigenvalue weighted by Gasteiger charge is 2.31. The van der Waals surface area contributed by atoms with Crippen molar-refractivity contribution in [2.45, 2.75) is 6.42 Å². The summed E-state index contributed by atoms with van der Waals surface area (Å²) >= 11 is 6.65. The number of phenols is 1. The van der Waals surface area contributed by atoms with Gasteiger partial charge in [0.05, 0.1) is 19.1 Å². The van der Waals surface area contributed by atoms with Crippen LogP contribution in [0, 0.1) is 0 Å². The summed E-state index contributed by atoms with van der Waals surface area (Å²) in [4.78, 5) is 14.8. The highest BCUT2D eigenvalue weighted by molar-refractivity contribution is 8.26. The molecule has 1 aliphatic rings. The fraction of sp³-hybridized carbons (Fsp3) is 0.200. The van der Waals surface area contributed by atoms with Crippen LogP contribution in [0.3, 0.4) is 0 Å². The van der Waals surface area contributed by atoms with Gasteiger partial charge in [0.2, 0.25) is 0 Å². The summed E-state index contributed by atoms with van der Waals surface area (Å²) in [6.07, 6.45) is 2.39. The van der Waals surface area contributed by atoms with Gasteiger partial charge in [0.25, 0.3) is 5.91 Å². The van der Waals surface area contributed by atoms with Crippen molar-refractivity contribution in [3.05, 3.63) is 58.5 Å². The lowest BCUT2D eigenvalue weighted by atomic mass is 10.1. The molecule has 0 radical (unpaired) electrons. The number of methoxy groups -OCH3 is 2. The largest absolute Gasteiger partial charge is 0.508 e. The fourth-order valence-corrected chi connectivity index (χ4v) is 4.04. The molecule has 1 heterocycles. The summed E-state index contributed by atoms with van der Waals surface area (Å²) in [6.45, 7) is 0.484. The number of thioether (sulfide) groups is 1. The molecule has 0 spiro atoms. The average molecular weight is 402 g/mol. The molecular weight excluding hydrogens is 382 g/mol. The lowest BCUT2D eigenvalue weighted by Gasteiger charge is -2.15. The molecule has 0 saturated carbocycles. The number of amides is 1. The van der Waals surface area contributed by atoms with Gasteiger partial charge in [-0.3, -0.25) is 9.69 Å². The second-order valence-corrected chi connectivity index (χ2v) is 7.54. The smallest absolute Gasteiger partial charge is 0.266 e. The molecule has 140 valence electrons. The van der Waals surface area contributed by atoms with E-state index in [1.54, 1.807) is 43.4 Å². The second-order valence-electron chi connectivity index (χ2n) is 5.87. The molecular formula is C20H19NO4S2. The highest BCUT2D eigenvalue weighted by atomic mass is 32.2. The van der Waals surface area contributed by atoms with E-state index in [4.69, 9.17) is 21.7 Å². The molecule has 0 aliphatic carbocycles. The predicted molar refractivity (Wildman–Crippen MR) is 111 cm³/mol. The van der Waals surface area contributed by atoms with Gasteiger partial charge in [-0.25, -0.2) is 0 Å². The topological polar surface area (TPSA) is 59.0 Å². The Kier molecular flexibility index (Phi) is 6.03. The van der Waals surface area contributed by atoms with E-state index < -0.39 is 0 Å². The van der Waals surface area contributed by atoms with E-state index in [0.29, 0.717) is 33.7 Å². The third-order valence-corrected chi connectivity index (χ3v) is 5.49. The molecule has 0 unspecified atom stereocenters. The lowest BCUT2D eigenvalue weighted by molar-refractivity contribution is -0.122. The van der Waals surface area contributed by atoms with E-state index in [-0.39, 0.29) is 11.7 Å². The van der Waals surface area contributed by atoms with Gasteiger partial charge in [0.1, 0.15) is 10.1 Å². The number of carbonyl (C=O) groups excluding carboxylic acids is 1. The van der Waals surface area contributed by atoms with Crippen LogP contribution in [-0.2, 0) is 11.2 Å². The maximum Gasteiger partial charge on any atom is 0.266 e. The molecule has 1 saturated heterocycles. The third-order valence-electron chi connectivity index (χ3n) is 4.11. The minimum Gasteiger partial charge on any atom is -0.508 e. The van der Waals surface area contributed by atoms with Crippen molar-refractivity contribution in [2.75, 3.05) is 20.8 Å². The number of ether oxygens (including phenoxy) is 2. The Bertz CT molecular complexity index is 911. The van der Waals surface area contributed by atoms with Crippen LogP contribution >= 0.6 is 24.0 Å². The molecule has 1 aliphatic heterocycles. The number of carbonyl (C=O) groups is 1. The number of thiocarbonyl (C=S) groups is 1. The Morgan fingerprint density at radius 1 is 1.15 bits per heavy atom. The van der Waals surface area contributed by atoms with Crippen LogP contribution < -0.4 is 9.47 Å². The molecule has 0 atom stereocenters. The molecule has 27 heavy (non-hydrogen) atoms. The summed E-state index contributed by atoms with van der Waals surface area (Å²) in [5.41, 5.74) is 1.79. The van der Waals surface area contributed by atoms with Crippen molar-refractivity contribution in [3.8, 4) is 17.2 Å². The number of phenolic OH excluding ortho intramolecular Hbond substituents is 1. The normalized spacial score (nSPS) is 15.5. The van der Waals surface area contributed by atoms with Crippen LogP contribution in [0.2, 0.25) is 0 Å². The maximum atomic E-state index is 12.7. The van der Waals surface area contributed by atoms with E-state index in [1.165, 1.54) is 11.8 Å². The van der Waals surface area contributed by atoms with Crippen LogP contribution in [0.4, 0.5) is 0 Å². The zero-order valence-electron chi connectivity index (χ0n) is 15.0. The summed E-state index contributed by atoms with van der Waals surface area (Å²) in [6, 6.07) is 12.5. The van der Waals surface area contributed by atoms with Gasteiger partial charge in [0, 0.05) is 6.54 Å². The van der Waals surface area contributed by atoms with E-state index >= 15 is 0 Å². The molecule has 1 amide bonds.